The van der Waals surface area contributed by atoms with Crippen molar-refractivity contribution in [3.63, 3.8) is 0 Å². The van der Waals surface area contributed by atoms with Crippen LogP contribution in [0.15, 0.2) is 30.0 Å². The molecule has 2 heterocycles. The van der Waals surface area contributed by atoms with Gasteiger partial charge in [-0.1, -0.05) is 25.7 Å². The predicted octanol–water partition coefficient (Wildman–Crippen LogP) is 2.46. The second-order valence-corrected chi connectivity index (χ2v) is 9.10. The van der Waals surface area contributed by atoms with Gasteiger partial charge in [-0.25, -0.2) is 0 Å². The number of piperidine rings is 1. The fourth-order valence-electron chi connectivity index (χ4n) is 5.11. The highest BCUT2D eigenvalue weighted by Crippen LogP contribution is 2.41. The number of Topliss-reactive ketones (excluding diaryl/α,β-unsaturated/α-hetero) is 1. The van der Waals surface area contributed by atoms with E-state index in [1.54, 1.807) is 24.3 Å². The molecule has 0 aromatic heterocycles. The Morgan fingerprint density at radius 1 is 1.06 bits per heavy atom. The second-order valence-electron chi connectivity index (χ2n) is 9.10. The molecule has 2 aromatic carbocycles. The van der Waals surface area contributed by atoms with Crippen molar-refractivity contribution in [2.24, 2.45) is 11.8 Å². The summed E-state index contributed by atoms with van der Waals surface area (Å²) in [4.78, 5) is 14.5. The third kappa shape index (κ3) is 4.50. The van der Waals surface area contributed by atoms with Gasteiger partial charge in [-0.2, -0.15) is 0 Å². The van der Waals surface area contributed by atoms with E-state index in [1.165, 1.54) is 38.7 Å². The van der Waals surface area contributed by atoms with Crippen molar-refractivity contribution in [2.75, 3.05) is 34.4 Å². The van der Waals surface area contributed by atoms with E-state index in [1.807, 2.05) is 0 Å². The topological polar surface area (TPSA) is 81.5 Å². The van der Waals surface area contributed by atoms with Crippen molar-refractivity contribution >= 4 is 11.9 Å². The molecule has 2 unspecified atom stereocenters. The molecule has 1 N–H and O–H groups in total. The number of methoxy groups -OCH3 is 3. The lowest BCUT2D eigenvalue weighted by Crippen LogP contribution is -3.13. The molecule has 0 amide bonds. The summed E-state index contributed by atoms with van der Waals surface area (Å²) in [6.07, 6.45) is 2.84. The predicted molar refractivity (Wildman–Crippen MR) is 122 cm³/mol. The molecule has 0 radical (unpaired) electrons. The van der Waals surface area contributed by atoms with E-state index in [2.05, 4.69) is 13.8 Å². The minimum atomic E-state index is -0.240. The summed E-state index contributed by atoms with van der Waals surface area (Å²) < 4.78 is 22.2. The monoisotopic (exact) mass is 453 g/mol. The number of nitrogens with one attached hydrogen (secondary N) is 1. The van der Waals surface area contributed by atoms with E-state index in [0.717, 1.165) is 13.1 Å². The number of allylic oxidation sites excluding steroid dienone is 1. The van der Waals surface area contributed by atoms with Crippen LogP contribution in [-0.2, 0) is 6.54 Å². The first-order valence-corrected chi connectivity index (χ1v) is 11.2. The third-order valence-corrected chi connectivity index (χ3v) is 6.39. The first-order valence-electron chi connectivity index (χ1n) is 11.2. The molecule has 2 aliphatic heterocycles. The van der Waals surface area contributed by atoms with Crippen molar-refractivity contribution in [1.82, 2.24) is 0 Å². The molecule has 7 heteroatoms. The zero-order chi connectivity index (χ0) is 23.7. The van der Waals surface area contributed by atoms with Gasteiger partial charge in [-0.05, 0) is 36.3 Å². The standard InChI is InChI=1S/C26H31NO6/c1-15-8-16(2)13-27(12-15)14-19-20(28)7-6-18-24(29)21(33-25(18)19)9-17-10-22(30-3)26(32-5)23(11-17)31-4/h6-7,9-11,15-16,28H,8,12-14H2,1-5H3/b21-9-. The van der Waals surface area contributed by atoms with E-state index >= 15 is 0 Å². The van der Waals surface area contributed by atoms with E-state index in [4.69, 9.17) is 18.9 Å². The number of fused-ring (bicyclic) bond motifs is 1. The van der Waals surface area contributed by atoms with Crippen LogP contribution in [-0.4, -0.2) is 40.2 Å². The lowest BCUT2D eigenvalue weighted by molar-refractivity contribution is -0.925. The second kappa shape index (κ2) is 9.35. The number of quaternary nitrogens is 1. The number of ketones is 1. The maximum absolute atomic E-state index is 13.1. The highest BCUT2D eigenvalue weighted by molar-refractivity contribution is 6.15. The Morgan fingerprint density at radius 2 is 1.70 bits per heavy atom. The molecular formula is C26H31NO6. The molecule has 2 atom stereocenters. The van der Waals surface area contributed by atoms with Crippen molar-refractivity contribution in [3.05, 3.63) is 46.7 Å². The molecule has 2 aromatic rings. The number of hydrogen-bond acceptors (Lipinski definition) is 6. The Balaban J connectivity index is 1.66. The molecule has 176 valence electrons. The molecule has 33 heavy (non-hydrogen) atoms. The first-order chi connectivity index (χ1) is 15.8. The summed E-state index contributed by atoms with van der Waals surface area (Å²) in [7, 11) is 4.61. The largest absolute Gasteiger partial charge is 0.872 e. The molecule has 0 spiro atoms. The van der Waals surface area contributed by atoms with E-state index < -0.39 is 0 Å². The van der Waals surface area contributed by atoms with Gasteiger partial charge in [0.25, 0.3) is 0 Å². The molecular weight excluding hydrogens is 422 g/mol. The number of benzene rings is 2. The first kappa shape index (κ1) is 23.0. The average Bonchev–Trinajstić information content (AvgIpc) is 3.09. The highest BCUT2D eigenvalue weighted by Gasteiger charge is 2.33. The molecule has 0 saturated carbocycles. The van der Waals surface area contributed by atoms with Crippen LogP contribution in [0.3, 0.4) is 0 Å². The minimum Gasteiger partial charge on any atom is -0.872 e. The Morgan fingerprint density at radius 3 is 2.27 bits per heavy atom. The Bertz CT molecular complexity index is 1060. The van der Waals surface area contributed by atoms with Crippen molar-refractivity contribution in [3.8, 4) is 28.7 Å². The summed E-state index contributed by atoms with van der Waals surface area (Å²) in [5.74, 6) is 2.87. The van der Waals surface area contributed by atoms with Crippen LogP contribution in [0.5, 0.6) is 28.7 Å². The minimum absolute atomic E-state index is 0.0889. The molecule has 1 fully saturated rings. The summed E-state index contributed by atoms with van der Waals surface area (Å²) in [6.45, 7) is 7.08. The zero-order valence-corrected chi connectivity index (χ0v) is 19.8. The van der Waals surface area contributed by atoms with Gasteiger partial charge in [0.2, 0.25) is 11.5 Å². The Labute approximate surface area is 194 Å². The van der Waals surface area contributed by atoms with Gasteiger partial charge in [-0.3, -0.25) is 4.79 Å². The van der Waals surface area contributed by atoms with E-state index in [-0.39, 0.29) is 17.3 Å². The third-order valence-electron chi connectivity index (χ3n) is 6.39. The molecule has 2 aliphatic rings. The van der Waals surface area contributed by atoms with Crippen LogP contribution in [0.1, 0.15) is 41.8 Å². The number of hydrogen-bond donors (Lipinski definition) is 1. The fourth-order valence-corrected chi connectivity index (χ4v) is 5.11. The van der Waals surface area contributed by atoms with Crippen LogP contribution in [0.4, 0.5) is 0 Å². The van der Waals surface area contributed by atoms with Crippen molar-refractivity contribution in [2.45, 2.75) is 26.8 Å². The maximum Gasteiger partial charge on any atom is 0.231 e. The summed E-state index contributed by atoms with van der Waals surface area (Å²) >= 11 is 0. The van der Waals surface area contributed by atoms with Crippen LogP contribution in [0.25, 0.3) is 6.08 Å². The summed E-state index contributed by atoms with van der Waals surface area (Å²) in [5.41, 5.74) is 1.67. The molecule has 0 aliphatic carbocycles. The lowest BCUT2D eigenvalue weighted by Gasteiger charge is -2.33. The van der Waals surface area contributed by atoms with Gasteiger partial charge in [0.05, 0.1) is 40.0 Å². The highest BCUT2D eigenvalue weighted by atomic mass is 16.5. The van der Waals surface area contributed by atoms with Crippen molar-refractivity contribution < 1.29 is 33.7 Å². The summed E-state index contributed by atoms with van der Waals surface area (Å²) in [6, 6.07) is 6.54. The van der Waals surface area contributed by atoms with Crippen LogP contribution in [0.2, 0.25) is 0 Å². The number of carbonyl (C=O) groups excluding carboxylic acids is 1. The van der Waals surface area contributed by atoms with Gasteiger partial charge in [0.15, 0.2) is 17.3 Å². The van der Waals surface area contributed by atoms with Gasteiger partial charge in [0.1, 0.15) is 12.3 Å². The molecule has 4 rings (SSSR count). The molecule has 0 bridgehead atoms. The van der Waals surface area contributed by atoms with Gasteiger partial charge in [0, 0.05) is 17.4 Å². The Kier molecular flexibility index (Phi) is 6.51. The lowest BCUT2D eigenvalue weighted by atomic mass is 9.91. The molecule has 1 saturated heterocycles. The van der Waals surface area contributed by atoms with E-state index in [0.29, 0.717) is 58.1 Å². The smallest absolute Gasteiger partial charge is 0.231 e. The fraction of sp³-hybridized carbons (Fsp3) is 0.423. The van der Waals surface area contributed by atoms with Gasteiger partial charge >= 0.3 is 0 Å². The van der Waals surface area contributed by atoms with Crippen molar-refractivity contribution in [1.29, 1.82) is 0 Å². The number of likely N-dealkylation sites (tertiary alicyclic amines) is 1. The maximum atomic E-state index is 13.1. The SMILES string of the molecule is COc1cc(/C=C2\Oc3c(ccc([O-])c3C[NH+]3CC(C)CC(C)C3)C2=O)cc(OC)c1OC. The number of ether oxygens (including phenoxy) is 4. The van der Waals surface area contributed by atoms with Gasteiger partial charge in [-0.15, -0.1) is 0 Å². The van der Waals surface area contributed by atoms with E-state index in [9.17, 15) is 9.90 Å². The Hall–Kier alpha value is -3.19. The van der Waals surface area contributed by atoms with Crippen LogP contribution < -0.4 is 29.0 Å². The normalized spacial score (nSPS) is 23.2. The number of rotatable bonds is 6. The van der Waals surface area contributed by atoms with Crippen LogP contribution >= 0.6 is 0 Å². The number of carbonyl (C=O) groups is 1. The average molecular weight is 454 g/mol. The molecule has 7 nitrogen and oxygen atoms in total. The summed E-state index contributed by atoms with van der Waals surface area (Å²) in [5, 5.41) is 12.8. The van der Waals surface area contributed by atoms with Gasteiger partial charge < -0.3 is 29.0 Å². The van der Waals surface area contributed by atoms with Crippen LogP contribution in [0, 0.1) is 11.8 Å². The zero-order valence-electron chi connectivity index (χ0n) is 19.8. The quantitative estimate of drug-likeness (QED) is 0.677.